The lowest BCUT2D eigenvalue weighted by atomic mass is 9.91. The maximum atomic E-state index is 15.4. The molecule has 28 heavy (non-hydrogen) atoms. The Kier molecular flexibility index (Phi) is 5.06. The van der Waals surface area contributed by atoms with Gasteiger partial charge in [-0.05, 0) is 43.5 Å². The van der Waals surface area contributed by atoms with E-state index in [0.29, 0.717) is 32.4 Å². The van der Waals surface area contributed by atoms with Gasteiger partial charge in [-0.3, -0.25) is 14.3 Å². The largest absolute Gasteiger partial charge is 0.326 e. The van der Waals surface area contributed by atoms with Gasteiger partial charge in [0.2, 0.25) is 5.79 Å². The molecule has 5 nitrogen and oxygen atoms in total. The number of imidazole rings is 1. The molecule has 1 N–H and O–H groups in total. The summed E-state index contributed by atoms with van der Waals surface area (Å²) < 4.78 is 17.3. The molecular formula is C22H26FN3O2. The number of hydrogen-bond acceptors (Lipinski definition) is 3. The Bertz CT molecular complexity index is 965. The van der Waals surface area contributed by atoms with Crippen LogP contribution >= 0.6 is 0 Å². The predicted molar refractivity (Wildman–Crippen MR) is 108 cm³/mol. The van der Waals surface area contributed by atoms with Gasteiger partial charge in [0.05, 0.1) is 17.0 Å². The van der Waals surface area contributed by atoms with Crippen LogP contribution in [0.25, 0.3) is 11.0 Å². The van der Waals surface area contributed by atoms with Crippen molar-refractivity contribution in [2.24, 2.45) is 5.92 Å². The number of benzene rings is 1. The molecule has 1 aliphatic heterocycles. The van der Waals surface area contributed by atoms with Gasteiger partial charge in [-0.2, -0.15) is 0 Å². The Labute approximate surface area is 163 Å². The van der Waals surface area contributed by atoms with Crippen molar-refractivity contribution in [2.45, 2.75) is 44.4 Å². The number of ketones is 1. The molecule has 1 fully saturated rings. The zero-order valence-corrected chi connectivity index (χ0v) is 16.1. The van der Waals surface area contributed by atoms with Crippen molar-refractivity contribution >= 4 is 16.8 Å². The number of alkyl halides is 1. The Hall–Kier alpha value is -2.47. The van der Waals surface area contributed by atoms with Crippen molar-refractivity contribution in [3.05, 3.63) is 59.1 Å². The number of likely N-dealkylation sites (tertiary alicyclic amines) is 1. The molecular weight excluding hydrogens is 357 g/mol. The van der Waals surface area contributed by atoms with Crippen LogP contribution < -0.4 is 5.69 Å². The van der Waals surface area contributed by atoms with E-state index in [1.54, 1.807) is 17.1 Å². The van der Waals surface area contributed by atoms with Gasteiger partial charge in [0, 0.05) is 25.6 Å². The maximum Gasteiger partial charge on any atom is 0.326 e. The van der Waals surface area contributed by atoms with E-state index in [4.69, 9.17) is 0 Å². The minimum Gasteiger partial charge on any atom is -0.306 e. The van der Waals surface area contributed by atoms with Crippen LogP contribution in [0.5, 0.6) is 0 Å². The van der Waals surface area contributed by atoms with Crippen LogP contribution in [0.1, 0.15) is 38.6 Å². The molecule has 1 saturated heterocycles. The molecule has 1 aromatic heterocycles. The highest BCUT2D eigenvalue weighted by atomic mass is 19.1. The number of H-pyrrole nitrogens is 1. The lowest BCUT2D eigenvalue weighted by Gasteiger charge is -2.40. The molecule has 2 heterocycles. The number of fused-ring (bicyclic) bond motifs is 1. The number of piperidine rings is 1. The first-order valence-electron chi connectivity index (χ1n) is 10.1. The fraction of sp³-hybridized carbons (Fsp3) is 0.455. The number of halogens is 1. The van der Waals surface area contributed by atoms with Crippen LogP contribution in [0.4, 0.5) is 4.39 Å². The molecule has 2 aliphatic rings. The van der Waals surface area contributed by atoms with Crippen molar-refractivity contribution < 1.29 is 9.18 Å². The molecule has 0 spiro atoms. The summed E-state index contributed by atoms with van der Waals surface area (Å²) in [5, 5.41) is 0. The van der Waals surface area contributed by atoms with Gasteiger partial charge in [0.15, 0.2) is 0 Å². The van der Waals surface area contributed by atoms with Crippen molar-refractivity contribution in [2.75, 3.05) is 13.1 Å². The summed E-state index contributed by atoms with van der Waals surface area (Å²) in [6.07, 6.45) is 9.14. The van der Waals surface area contributed by atoms with Gasteiger partial charge in [-0.25, -0.2) is 9.18 Å². The average molecular weight is 383 g/mol. The molecule has 0 amide bonds. The Balaban J connectivity index is 1.45. The summed E-state index contributed by atoms with van der Waals surface area (Å²) in [4.78, 5) is 29.1. The zero-order chi connectivity index (χ0) is 19.7. The van der Waals surface area contributed by atoms with E-state index in [9.17, 15) is 9.59 Å². The van der Waals surface area contributed by atoms with E-state index < -0.39 is 5.79 Å². The highest BCUT2D eigenvalue weighted by molar-refractivity contribution is 5.84. The number of hydrogen-bond donors (Lipinski definition) is 1. The quantitative estimate of drug-likeness (QED) is 0.632. The van der Waals surface area contributed by atoms with E-state index in [2.05, 4.69) is 4.98 Å². The van der Waals surface area contributed by atoms with Gasteiger partial charge in [-0.1, -0.05) is 31.2 Å². The summed E-state index contributed by atoms with van der Waals surface area (Å²) in [6, 6.07) is 7.71. The van der Waals surface area contributed by atoms with Gasteiger partial charge in [0.1, 0.15) is 5.78 Å². The highest BCUT2D eigenvalue weighted by Crippen LogP contribution is 2.33. The molecule has 0 saturated carbocycles. The molecule has 0 radical (unpaired) electrons. The van der Waals surface area contributed by atoms with Crippen molar-refractivity contribution in [3.63, 3.8) is 0 Å². The fourth-order valence-corrected chi connectivity index (χ4v) is 4.34. The van der Waals surface area contributed by atoms with Crippen LogP contribution in [0, 0.1) is 5.92 Å². The van der Waals surface area contributed by atoms with Crippen LogP contribution in [0.2, 0.25) is 0 Å². The number of aromatic amines is 1. The summed E-state index contributed by atoms with van der Waals surface area (Å²) >= 11 is 0. The molecule has 0 bridgehead atoms. The van der Waals surface area contributed by atoms with Gasteiger partial charge in [0.25, 0.3) is 0 Å². The first-order valence-corrected chi connectivity index (χ1v) is 10.1. The third-order valence-electron chi connectivity index (χ3n) is 5.88. The number of rotatable bonds is 5. The van der Waals surface area contributed by atoms with E-state index in [0.717, 1.165) is 17.5 Å². The fourth-order valence-electron chi connectivity index (χ4n) is 4.34. The third-order valence-corrected chi connectivity index (χ3v) is 5.88. The number of carbonyl (C=O) groups is 1. The topological polar surface area (TPSA) is 58.1 Å². The molecule has 148 valence electrons. The predicted octanol–water partition coefficient (Wildman–Crippen LogP) is 3.74. The van der Waals surface area contributed by atoms with E-state index in [1.165, 1.54) is 12.2 Å². The number of allylic oxidation sites excluding steroid dienone is 2. The number of nitrogens with zero attached hydrogens (tertiary/aromatic N) is 2. The number of carbonyl (C=O) groups excluding carboxylic acids is 1. The summed E-state index contributed by atoms with van der Waals surface area (Å²) in [6.45, 7) is 3.07. The first-order chi connectivity index (χ1) is 13.5. The third kappa shape index (κ3) is 3.37. The van der Waals surface area contributed by atoms with Crippen LogP contribution in [0.3, 0.4) is 0 Å². The first kappa shape index (κ1) is 18.9. The molecule has 1 aromatic carbocycles. The lowest BCUT2D eigenvalue weighted by Crippen LogP contribution is -2.48. The Morgan fingerprint density at radius 3 is 2.57 bits per heavy atom. The van der Waals surface area contributed by atoms with Crippen molar-refractivity contribution in [1.82, 2.24) is 14.5 Å². The smallest absolute Gasteiger partial charge is 0.306 e. The molecule has 0 unspecified atom stereocenters. The zero-order valence-electron chi connectivity index (χ0n) is 16.1. The van der Waals surface area contributed by atoms with Crippen molar-refractivity contribution in [1.29, 1.82) is 0 Å². The second kappa shape index (κ2) is 7.51. The normalized spacial score (nSPS) is 26.1. The molecule has 2 aromatic rings. The standard InChI is InChI=1S/C22H26FN3O2/c1-2-5-20(27)16-8-12-22(23,13-9-16)25-14-10-17(11-15-25)26-19-7-4-3-6-18(19)24-21(26)28/h3-4,6-9,12-13,16-17H,2,5,10-11,14-15H2,1H3,(H,24,28). The molecule has 0 atom stereocenters. The van der Waals surface area contributed by atoms with Crippen LogP contribution in [-0.4, -0.2) is 39.1 Å². The Morgan fingerprint density at radius 2 is 1.89 bits per heavy atom. The minimum absolute atomic E-state index is 0.0546. The second-order valence-corrected chi connectivity index (χ2v) is 7.72. The minimum atomic E-state index is -1.65. The lowest BCUT2D eigenvalue weighted by molar-refractivity contribution is -0.120. The maximum absolute atomic E-state index is 15.4. The number of aromatic nitrogens is 2. The van der Waals surface area contributed by atoms with E-state index in [-0.39, 0.29) is 23.4 Å². The van der Waals surface area contributed by atoms with Gasteiger partial charge in [-0.15, -0.1) is 0 Å². The van der Waals surface area contributed by atoms with Crippen LogP contribution in [-0.2, 0) is 4.79 Å². The molecule has 4 rings (SSSR count). The monoisotopic (exact) mass is 383 g/mol. The van der Waals surface area contributed by atoms with Crippen molar-refractivity contribution in [3.8, 4) is 0 Å². The molecule has 6 heteroatoms. The summed E-state index contributed by atoms with van der Waals surface area (Å²) in [7, 11) is 0. The van der Waals surface area contributed by atoms with Gasteiger partial charge >= 0.3 is 5.69 Å². The summed E-state index contributed by atoms with van der Waals surface area (Å²) in [5.74, 6) is -1.83. The number of Topliss-reactive ketones (excluding diaryl/α,β-unsaturated/α-hetero) is 1. The highest BCUT2D eigenvalue weighted by Gasteiger charge is 2.37. The number of para-hydroxylation sites is 2. The SMILES string of the molecule is CCCC(=O)C1C=CC(F)(N2CCC(n3c(=O)[nH]c4ccccc43)CC2)C=C1. The average Bonchev–Trinajstić information content (AvgIpc) is 3.04. The van der Waals surface area contributed by atoms with E-state index in [1.807, 2.05) is 35.8 Å². The van der Waals surface area contributed by atoms with Crippen LogP contribution in [0.15, 0.2) is 53.4 Å². The molecule has 1 aliphatic carbocycles. The van der Waals surface area contributed by atoms with E-state index >= 15 is 4.39 Å². The second-order valence-electron chi connectivity index (χ2n) is 7.72. The Morgan fingerprint density at radius 1 is 1.21 bits per heavy atom. The summed E-state index contributed by atoms with van der Waals surface area (Å²) in [5.41, 5.74) is 1.62. The van der Waals surface area contributed by atoms with Gasteiger partial charge < -0.3 is 4.98 Å². The number of nitrogens with one attached hydrogen (secondary N) is 1.